The molecule has 2 N–H and O–H groups in total. The number of para-hydroxylation sites is 2. The van der Waals surface area contributed by atoms with Crippen LogP contribution in [-0.4, -0.2) is 68.0 Å². The Labute approximate surface area is 412 Å². The third-order valence-corrected chi connectivity index (χ3v) is 13.9. The predicted octanol–water partition coefficient (Wildman–Crippen LogP) is 10.9. The fourth-order valence-corrected chi connectivity index (χ4v) is 10.5. The average molecular weight is 971 g/mol. The van der Waals surface area contributed by atoms with Gasteiger partial charge in [0.05, 0.1) is 20.4 Å². The van der Waals surface area contributed by atoms with Gasteiger partial charge in [-0.05, 0) is 137 Å². The fourth-order valence-electron chi connectivity index (χ4n) is 8.81. The number of pyridine rings is 2. The van der Waals surface area contributed by atoms with Crippen molar-refractivity contribution in [3.63, 3.8) is 0 Å². The van der Waals surface area contributed by atoms with E-state index in [0.717, 1.165) is 42.7 Å². The number of ether oxygens (including phenoxy) is 2. The zero-order chi connectivity index (χ0) is 48.9. The lowest BCUT2D eigenvalue weighted by molar-refractivity contribution is 0.00486. The molecule has 0 radical (unpaired) electrons. The first-order valence-electron chi connectivity index (χ1n) is 23.1. The summed E-state index contributed by atoms with van der Waals surface area (Å²) in [5.41, 5.74) is 5.41. The van der Waals surface area contributed by atoms with Crippen molar-refractivity contribution in [2.75, 3.05) is 33.5 Å². The lowest BCUT2D eigenvalue weighted by Crippen LogP contribution is -2.34. The van der Waals surface area contributed by atoms with Crippen LogP contribution in [0.3, 0.4) is 0 Å². The highest BCUT2D eigenvalue weighted by Crippen LogP contribution is 2.36. The molecule has 0 bridgehead atoms. The zero-order valence-electron chi connectivity index (χ0n) is 39.6. The molecule has 6 heterocycles. The van der Waals surface area contributed by atoms with E-state index in [9.17, 15) is 19.2 Å². The van der Waals surface area contributed by atoms with Gasteiger partial charge in [-0.3, -0.25) is 20.2 Å². The maximum atomic E-state index is 14.3. The van der Waals surface area contributed by atoms with Crippen LogP contribution in [-0.2, 0) is 35.4 Å². The van der Waals surface area contributed by atoms with Crippen LogP contribution in [0.2, 0.25) is 0 Å². The minimum absolute atomic E-state index is 0.00451. The second-order valence-electron chi connectivity index (χ2n) is 19.2. The van der Waals surface area contributed by atoms with Gasteiger partial charge in [0.25, 0.3) is 11.8 Å². The Morgan fingerprint density at radius 2 is 0.929 bits per heavy atom. The van der Waals surface area contributed by atoms with E-state index < -0.39 is 23.1 Å². The number of benzene rings is 4. The second kappa shape index (κ2) is 18.4. The summed E-state index contributed by atoms with van der Waals surface area (Å²) in [5.74, 6) is -0.893. The summed E-state index contributed by atoms with van der Waals surface area (Å²) >= 11 is 2.83. The lowest BCUT2D eigenvalue weighted by atomic mass is 9.94. The molecule has 10 rings (SSSR count). The van der Waals surface area contributed by atoms with Gasteiger partial charge in [0.15, 0.2) is 21.7 Å². The number of rotatable bonds is 9. The summed E-state index contributed by atoms with van der Waals surface area (Å²) in [6, 6.07) is 34.1. The Balaban J connectivity index is 0.972. The molecule has 4 aromatic carbocycles. The van der Waals surface area contributed by atoms with E-state index in [1.54, 1.807) is 53.7 Å². The summed E-state index contributed by atoms with van der Waals surface area (Å²) in [7, 11) is 0. The van der Waals surface area contributed by atoms with E-state index in [2.05, 4.69) is 20.6 Å². The Morgan fingerprint density at radius 3 is 1.33 bits per heavy atom. The zero-order valence-corrected chi connectivity index (χ0v) is 41.2. The SMILES string of the molecule is CC(C)(C)OC(=O)c1nc(N2CCc3cccc(C(=O)Nc4nc5ccccc5s4)c3C2)ccc1-c1ccc(N2CCc3cccc(C(=O)Nc4nc5ccccc5s4)c3C2)nc1C(=O)OC(C)(C)C. The molecule has 14 nitrogen and oxygen atoms in total. The van der Waals surface area contributed by atoms with Crippen molar-refractivity contribution in [2.45, 2.75) is 78.7 Å². The molecular weight excluding hydrogens is 921 g/mol. The summed E-state index contributed by atoms with van der Waals surface area (Å²) in [6.45, 7) is 12.5. The summed E-state index contributed by atoms with van der Waals surface area (Å²) in [5, 5.41) is 7.05. The van der Waals surface area contributed by atoms with Gasteiger partial charge in [0.2, 0.25) is 0 Å². The van der Waals surface area contributed by atoms with Gasteiger partial charge < -0.3 is 19.3 Å². The number of nitrogens with one attached hydrogen (secondary N) is 2. The van der Waals surface area contributed by atoms with E-state index in [4.69, 9.17) is 19.4 Å². The van der Waals surface area contributed by atoms with E-state index in [1.165, 1.54) is 22.7 Å². The van der Waals surface area contributed by atoms with Crippen LogP contribution in [0, 0.1) is 0 Å². The average Bonchev–Trinajstić information content (AvgIpc) is 3.95. The molecule has 2 aliphatic heterocycles. The summed E-state index contributed by atoms with van der Waals surface area (Å²) in [4.78, 5) is 79.6. The molecule has 0 saturated carbocycles. The van der Waals surface area contributed by atoms with Crippen LogP contribution in [0.5, 0.6) is 0 Å². The van der Waals surface area contributed by atoms with Gasteiger partial charge in [-0.2, -0.15) is 0 Å². The first-order chi connectivity index (χ1) is 33.5. The van der Waals surface area contributed by atoms with E-state index in [1.807, 2.05) is 107 Å². The molecule has 0 saturated heterocycles. The fraction of sp³-hybridized carbons (Fsp3) is 0.259. The summed E-state index contributed by atoms with van der Waals surface area (Å²) < 4.78 is 13.9. The molecule has 8 aromatic rings. The highest BCUT2D eigenvalue weighted by Gasteiger charge is 2.32. The number of anilines is 4. The monoisotopic (exact) mass is 970 g/mol. The van der Waals surface area contributed by atoms with Crippen molar-refractivity contribution in [3.05, 3.63) is 154 Å². The molecule has 0 fully saturated rings. The predicted molar refractivity (Wildman–Crippen MR) is 275 cm³/mol. The topological polar surface area (TPSA) is 169 Å². The quantitative estimate of drug-likeness (QED) is 0.132. The van der Waals surface area contributed by atoms with Crippen molar-refractivity contribution in [1.82, 2.24) is 19.9 Å². The number of aromatic nitrogens is 4. The number of fused-ring (bicyclic) bond motifs is 4. The maximum absolute atomic E-state index is 14.3. The Bertz CT molecular complexity index is 3100. The van der Waals surface area contributed by atoms with Crippen LogP contribution >= 0.6 is 22.7 Å². The van der Waals surface area contributed by atoms with Crippen molar-refractivity contribution < 1.29 is 28.7 Å². The molecule has 354 valence electrons. The lowest BCUT2D eigenvalue weighted by Gasteiger charge is -2.32. The molecule has 0 unspecified atom stereocenters. The first-order valence-corrected chi connectivity index (χ1v) is 24.7. The number of carbonyl (C=O) groups is 4. The molecule has 16 heteroatoms. The second-order valence-corrected chi connectivity index (χ2v) is 21.3. The standard InChI is InChI=1S/C54H50N8O6S2/c1-53(2,3)67-49(65)45-33(21-23-43(57-45)61-27-25-31-13-11-15-35(37(31)29-61)47(63)59-51-55-39-17-7-9-19-41(39)69-51)34-22-24-44(58-46(34)50(66)68-54(4,5)6)62-28-26-32-14-12-16-36(38(32)30-62)48(64)60-52-56-40-18-8-10-20-42(40)70-52/h7-24H,25-30H2,1-6H3,(H,55,59,63)(H,56,60,64). The van der Waals surface area contributed by atoms with E-state index in [0.29, 0.717) is 83.2 Å². The minimum atomic E-state index is -0.869. The molecule has 2 amide bonds. The number of hydrogen-bond donors (Lipinski definition) is 2. The Hall–Kier alpha value is -7.56. The van der Waals surface area contributed by atoms with Crippen LogP contribution < -0.4 is 20.4 Å². The molecular formula is C54H50N8O6S2. The van der Waals surface area contributed by atoms with Crippen LogP contribution in [0.4, 0.5) is 21.9 Å². The first kappa shape index (κ1) is 46.2. The molecule has 0 spiro atoms. The van der Waals surface area contributed by atoms with Crippen LogP contribution in [0.25, 0.3) is 31.6 Å². The van der Waals surface area contributed by atoms with Gasteiger partial charge in [-0.1, -0.05) is 71.2 Å². The third-order valence-electron chi connectivity index (χ3n) is 11.9. The summed E-state index contributed by atoms with van der Waals surface area (Å²) in [6.07, 6.45) is 1.26. The van der Waals surface area contributed by atoms with Gasteiger partial charge in [-0.15, -0.1) is 0 Å². The van der Waals surface area contributed by atoms with Gasteiger partial charge in [0.1, 0.15) is 22.8 Å². The third kappa shape index (κ3) is 9.69. The largest absolute Gasteiger partial charge is 0.455 e. The van der Waals surface area contributed by atoms with Gasteiger partial charge >= 0.3 is 11.9 Å². The van der Waals surface area contributed by atoms with Crippen LogP contribution in [0.15, 0.2) is 109 Å². The molecule has 2 aliphatic rings. The number of carbonyl (C=O) groups excluding carboxylic acids is 4. The molecule has 0 aliphatic carbocycles. The van der Waals surface area contributed by atoms with Gasteiger partial charge in [-0.25, -0.2) is 29.5 Å². The Kier molecular flexibility index (Phi) is 12.1. The normalized spacial score (nSPS) is 13.7. The molecule has 4 aromatic heterocycles. The molecule has 0 atom stereocenters. The minimum Gasteiger partial charge on any atom is -0.455 e. The number of hydrogen-bond acceptors (Lipinski definition) is 14. The van der Waals surface area contributed by atoms with Crippen molar-refractivity contribution in [2.24, 2.45) is 0 Å². The van der Waals surface area contributed by atoms with Crippen LogP contribution in [0.1, 0.15) is 105 Å². The highest BCUT2D eigenvalue weighted by molar-refractivity contribution is 7.22. The smallest absolute Gasteiger partial charge is 0.358 e. The maximum Gasteiger partial charge on any atom is 0.358 e. The van der Waals surface area contributed by atoms with Crippen molar-refractivity contribution in [3.8, 4) is 11.1 Å². The van der Waals surface area contributed by atoms with Crippen molar-refractivity contribution in [1.29, 1.82) is 0 Å². The highest BCUT2D eigenvalue weighted by atomic mass is 32.1. The number of esters is 2. The van der Waals surface area contributed by atoms with E-state index >= 15 is 0 Å². The van der Waals surface area contributed by atoms with Gasteiger partial charge in [0, 0.05) is 48.4 Å². The number of nitrogens with zero attached hydrogens (tertiary/aromatic N) is 6. The Morgan fingerprint density at radius 1 is 0.514 bits per heavy atom. The number of thiazole rings is 2. The number of amides is 2. The molecule has 70 heavy (non-hydrogen) atoms. The van der Waals surface area contributed by atoms with E-state index in [-0.39, 0.29) is 23.2 Å². The van der Waals surface area contributed by atoms with Crippen molar-refractivity contribution >= 4 is 88.8 Å².